The van der Waals surface area contributed by atoms with Gasteiger partial charge in [-0.25, -0.2) is 0 Å². The van der Waals surface area contributed by atoms with Crippen LogP contribution < -0.4 is 5.32 Å². The Balaban J connectivity index is 3.45. The zero-order chi connectivity index (χ0) is 39.4. The number of carbonyl (C=O) groups is 1. The van der Waals surface area contributed by atoms with Crippen molar-refractivity contribution < 1.29 is 20.1 Å². The molecule has 54 heavy (non-hydrogen) atoms. The van der Waals surface area contributed by atoms with Crippen molar-refractivity contribution in [3.8, 4) is 0 Å². The molecule has 3 atom stereocenters. The van der Waals surface area contributed by atoms with E-state index in [1.807, 2.05) is 6.08 Å². The quantitative estimate of drug-likeness (QED) is 0.0368. The number of nitrogens with one attached hydrogen (secondary N) is 1. The number of hydrogen-bond acceptors (Lipinski definition) is 4. The van der Waals surface area contributed by atoms with E-state index >= 15 is 0 Å². The average Bonchev–Trinajstić information content (AvgIpc) is 3.18. The minimum absolute atomic E-state index is 0.374. The number of rotatable bonds is 44. The number of aliphatic hydroxyl groups excluding tert-OH is 3. The van der Waals surface area contributed by atoms with E-state index in [9.17, 15) is 20.1 Å². The van der Waals surface area contributed by atoms with Crippen LogP contribution in [0.15, 0.2) is 24.3 Å². The second-order valence-electron chi connectivity index (χ2n) is 16.7. The van der Waals surface area contributed by atoms with Crippen LogP contribution in [-0.4, -0.2) is 46.1 Å². The predicted molar refractivity (Wildman–Crippen MR) is 236 cm³/mol. The smallest absolute Gasteiger partial charge is 0.249 e. The maximum atomic E-state index is 12.4. The third kappa shape index (κ3) is 39.1. The summed E-state index contributed by atoms with van der Waals surface area (Å²) < 4.78 is 0. The summed E-state index contributed by atoms with van der Waals surface area (Å²) in [5.41, 5.74) is 0. The molecule has 0 radical (unpaired) electrons. The molecule has 1 amide bonds. The van der Waals surface area contributed by atoms with Crippen molar-refractivity contribution in [1.29, 1.82) is 0 Å². The molecular weight excluding hydrogens is 667 g/mol. The van der Waals surface area contributed by atoms with Crippen molar-refractivity contribution in [2.45, 2.75) is 276 Å². The van der Waals surface area contributed by atoms with E-state index in [0.717, 1.165) is 38.5 Å². The Morgan fingerprint density at radius 2 is 0.759 bits per heavy atom. The SMILES string of the molecule is CCCCC/C=C/CC/C=C/C(O)C(CO)NC(=O)C(O)CCCCCCCCCCCCCCCCCCCCCCCCCCCCCCCCC. The first-order valence-electron chi connectivity index (χ1n) is 24.2. The molecule has 0 aliphatic heterocycles. The Hall–Kier alpha value is -1.17. The first-order chi connectivity index (χ1) is 26.6. The van der Waals surface area contributed by atoms with Crippen molar-refractivity contribution in [3.05, 3.63) is 24.3 Å². The van der Waals surface area contributed by atoms with Crippen LogP contribution in [0.25, 0.3) is 0 Å². The molecule has 0 fully saturated rings. The van der Waals surface area contributed by atoms with E-state index in [1.165, 1.54) is 199 Å². The van der Waals surface area contributed by atoms with Gasteiger partial charge in [0.25, 0.3) is 0 Å². The van der Waals surface area contributed by atoms with Crippen LogP contribution in [0.3, 0.4) is 0 Å². The lowest BCUT2D eigenvalue weighted by atomic mass is 10.0. The number of hydrogen-bond donors (Lipinski definition) is 4. The Morgan fingerprint density at radius 3 is 1.13 bits per heavy atom. The summed E-state index contributed by atoms with van der Waals surface area (Å²) >= 11 is 0. The van der Waals surface area contributed by atoms with E-state index in [1.54, 1.807) is 6.08 Å². The summed E-state index contributed by atoms with van der Waals surface area (Å²) in [5, 5.41) is 33.0. The van der Waals surface area contributed by atoms with Crippen molar-refractivity contribution in [1.82, 2.24) is 5.32 Å². The second kappa shape index (κ2) is 44.5. The van der Waals surface area contributed by atoms with Crippen LogP contribution >= 0.6 is 0 Å². The molecule has 0 rings (SSSR count). The van der Waals surface area contributed by atoms with Gasteiger partial charge in [0.05, 0.1) is 18.8 Å². The van der Waals surface area contributed by atoms with Gasteiger partial charge in [0.1, 0.15) is 6.10 Å². The fourth-order valence-corrected chi connectivity index (χ4v) is 7.50. The van der Waals surface area contributed by atoms with E-state index < -0.39 is 24.2 Å². The number of unbranched alkanes of at least 4 members (excludes halogenated alkanes) is 34. The molecule has 4 N–H and O–H groups in total. The summed E-state index contributed by atoms with van der Waals surface area (Å²) in [5.74, 6) is -0.512. The van der Waals surface area contributed by atoms with Crippen LogP contribution in [0.4, 0.5) is 0 Å². The van der Waals surface area contributed by atoms with Gasteiger partial charge in [-0.1, -0.05) is 250 Å². The minimum Gasteiger partial charge on any atom is -0.394 e. The maximum Gasteiger partial charge on any atom is 0.249 e. The summed E-state index contributed by atoms with van der Waals surface area (Å²) in [7, 11) is 0. The van der Waals surface area contributed by atoms with E-state index in [4.69, 9.17) is 0 Å². The topological polar surface area (TPSA) is 89.8 Å². The predicted octanol–water partition coefficient (Wildman–Crippen LogP) is 14.2. The maximum absolute atomic E-state index is 12.4. The molecule has 0 aliphatic rings. The van der Waals surface area contributed by atoms with Crippen molar-refractivity contribution in [2.75, 3.05) is 6.61 Å². The lowest BCUT2D eigenvalue weighted by molar-refractivity contribution is -0.131. The summed E-state index contributed by atoms with van der Waals surface area (Å²) in [6.45, 7) is 4.13. The number of carbonyl (C=O) groups excluding carboxylic acids is 1. The fourth-order valence-electron chi connectivity index (χ4n) is 7.50. The first kappa shape index (κ1) is 52.8. The second-order valence-corrected chi connectivity index (χ2v) is 16.7. The number of aliphatic hydroxyl groups is 3. The molecule has 0 bridgehead atoms. The van der Waals surface area contributed by atoms with Gasteiger partial charge in [0.15, 0.2) is 0 Å². The number of allylic oxidation sites excluding steroid dienone is 3. The molecule has 5 nitrogen and oxygen atoms in total. The molecular formula is C49H95NO4. The van der Waals surface area contributed by atoms with E-state index in [-0.39, 0.29) is 6.61 Å². The van der Waals surface area contributed by atoms with Gasteiger partial charge in [-0.3, -0.25) is 4.79 Å². The van der Waals surface area contributed by atoms with E-state index in [2.05, 4.69) is 31.3 Å². The highest BCUT2D eigenvalue weighted by atomic mass is 16.3. The average molecular weight is 762 g/mol. The van der Waals surface area contributed by atoms with Crippen LogP contribution in [-0.2, 0) is 4.79 Å². The Kier molecular flexibility index (Phi) is 43.6. The summed E-state index contributed by atoms with van der Waals surface area (Å²) in [6.07, 6.45) is 55.5. The standard InChI is InChI=1S/C49H95NO4/c1-3-5-7-9-11-13-14-15-16-17-18-19-20-21-22-23-24-25-26-27-28-29-30-31-32-33-34-36-38-40-42-44-48(53)49(54)50-46(45-51)47(52)43-41-39-37-35-12-10-8-6-4-2/h12,35,41,43,46-48,51-53H,3-11,13-34,36-40,42,44-45H2,1-2H3,(H,50,54)/b35-12+,43-41+. The number of amides is 1. The van der Waals surface area contributed by atoms with Gasteiger partial charge in [-0.15, -0.1) is 0 Å². The highest BCUT2D eigenvalue weighted by Gasteiger charge is 2.22. The molecule has 0 saturated carbocycles. The van der Waals surface area contributed by atoms with Crippen LogP contribution in [0.1, 0.15) is 258 Å². The third-order valence-corrected chi connectivity index (χ3v) is 11.3. The molecule has 0 spiro atoms. The monoisotopic (exact) mass is 762 g/mol. The van der Waals surface area contributed by atoms with Crippen LogP contribution in [0.5, 0.6) is 0 Å². The molecule has 0 aromatic heterocycles. The normalized spacial score (nSPS) is 13.6. The zero-order valence-corrected chi connectivity index (χ0v) is 36.4. The molecule has 0 saturated heterocycles. The molecule has 5 heteroatoms. The van der Waals surface area contributed by atoms with Crippen LogP contribution in [0, 0.1) is 0 Å². The van der Waals surface area contributed by atoms with Gasteiger partial charge in [-0.05, 0) is 32.1 Å². The molecule has 0 heterocycles. The lowest BCUT2D eigenvalue weighted by Crippen LogP contribution is -2.48. The van der Waals surface area contributed by atoms with Gasteiger partial charge < -0.3 is 20.6 Å². The highest BCUT2D eigenvalue weighted by Crippen LogP contribution is 2.17. The fraction of sp³-hybridized carbons (Fsp3) is 0.898. The van der Waals surface area contributed by atoms with E-state index in [0.29, 0.717) is 6.42 Å². The molecule has 0 aromatic rings. The van der Waals surface area contributed by atoms with Crippen molar-refractivity contribution in [3.63, 3.8) is 0 Å². The van der Waals surface area contributed by atoms with Crippen molar-refractivity contribution >= 4 is 5.91 Å². The lowest BCUT2D eigenvalue weighted by Gasteiger charge is -2.21. The molecule has 320 valence electrons. The molecule has 3 unspecified atom stereocenters. The summed E-state index contributed by atoms with van der Waals surface area (Å²) in [4.78, 5) is 12.4. The Labute approximate surface area is 337 Å². The summed E-state index contributed by atoms with van der Waals surface area (Å²) in [6, 6.07) is -0.809. The Bertz CT molecular complexity index is 799. The first-order valence-corrected chi connectivity index (χ1v) is 24.2. The zero-order valence-electron chi connectivity index (χ0n) is 36.4. The van der Waals surface area contributed by atoms with Gasteiger partial charge in [0.2, 0.25) is 5.91 Å². The largest absolute Gasteiger partial charge is 0.394 e. The Morgan fingerprint density at radius 1 is 0.444 bits per heavy atom. The van der Waals surface area contributed by atoms with Crippen molar-refractivity contribution in [2.24, 2.45) is 0 Å². The van der Waals surface area contributed by atoms with Gasteiger partial charge in [-0.2, -0.15) is 0 Å². The highest BCUT2D eigenvalue weighted by molar-refractivity contribution is 5.80. The van der Waals surface area contributed by atoms with Gasteiger partial charge in [0, 0.05) is 0 Å². The molecule has 0 aliphatic carbocycles. The molecule has 0 aromatic carbocycles. The third-order valence-electron chi connectivity index (χ3n) is 11.3. The minimum atomic E-state index is -1.10. The van der Waals surface area contributed by atoms with Crippen LogP contribution in [0.2, 0.25) is 0 Å². The van der Waals surface area contributed by atoms with Gasteiger partial charge >= 0.3 is 0 Å².